The topological polar surface area (TPSA) is 66.5 Å². The summed E-state index contributed by atoms with van der Waals surface area (Å²) in [6, 6.07) is 21.6. The molecule has 3 aromatic carbocycles. The lowest BCUT2D eigenvalue weighted by molar-refractivity contribution is -0.130. The maximum atomic E-state index is 12.9. The minimum absolute atomic E-state index is 0.276. The summed E-state index contributed by atoms with van der Waals surface area (Å²) in [4.78, 5) is 39.0. The van der Waals surface area contributed by atoms with Crippen molar-refractivity contribution < 1.29 is 14.4 Å². The minimum Gasteiger partial charge on any atom is -0.319 e. The molecule has 1 atom stereocenters. The number of urea groups is 1. The number of hydrogen-bond donors (Lipinski definition) is 1. The van der Waals surface area contributed by atoms with E-state index in [1.54, 1.807) is 31.2 Å². The van der Waals surface area contributed by atoms with E-state index in [0.29, 0.717) is 11.1 Å². The second kappa shape index (κ2) is 6.36. The van der Waals surface area contributed by atoms with E-state index >= 15 is 0 Å². The van der Waals surface area contributed by atoms with Crippen LogP contribution in [-0.4, -0.2) is 29.2 Å². The smallest absolute Gasteiger partial charge is 0.319 e. The number of imide groups is 1. The van der Waals surface area contributed by atoms with E-state index in [4.69, 9.17) is 0 Å². The SMILES string of the molecule is CC1(c2ccccc2)NC(=O)N(CC(=O)c2ccc3ccccc3c2)C1=O. The Labute approximate surface area is 156 Å². The van der Waals surface area contributed by atoms with Crippen LogP contribution in [0.2, 0.25) is 0 Å². The molecular formula is C22H18N2O3. The average molecular weight is 358 g/mol. The summed E-state index contributed by atoms with van der Waals surface area (Å²) in [5.41, 5.74) is -0.00577. The van der Waals surface area contributed by atoms with Crippen molar-refractivity contribution in [1.82, 2.24) is 10.2 Å². The maximum absolute atomic E-state index is 12.9. The summed E-state index contributed by atoms with van der Waals surface area (Å²) in [6.45, 7) is 1.37. The Kier molecular flexibility index (Phi) is 4.00. The van der Waals surface area contributed by atoms with Crippen LogP contribution in [0.4, 0.5) is 4.79 Å². The van der Waals surface area contributed by atoms with Gasteiger partial charge in [0.25, 0.3) is 5.91 Å². The number of nitrogens with one attached hydrogen (secondary N) is 1. The summed E-state index contributed by atoms with van der Waals surface area (Å²) < 4.78 is 0. The van der Waals surface area contributed by atoms with Gasteiger partial charge < -0.3 is 5.32 Å². The van der Waals surface area contributed by atoms with Gasteiger partial charge >= 0.3 is 6.03 Å². The predicted molar refractivity (Wildman–Crippen MR) is 102 cm³/mol. The van der Waals surface area contributed by atoms with Crippen LogP contribution in [0.5, 0.6) is 0 Å². The van der Waals surface area contributed by atoms with E-state index < -0.39 is 17.5 Å². The van der Waals surface area contributed by atoms with Gasteiger partial charge in [0.05, 0.1) is 6.54 Å². The summed E-state index contributed by atoms with van der Waals surface area (Å²) in [5, 5.41) is 4.69. The van der Waals surface area contributed by atoms with Crippen molar-refractivity contribution in [2.75, 3.05) is 6.54 Å². The zero-order chi connectivity index (χ0) is 19.0. The molecule has 0 saturated carbocycles. The third-order valence-corrected chi connectivity index (χ3v) is 5.00. The van der Waals surface area contributed by atoms with Crippen molar-refractivity contribution in [1.29, 1.82) is 0 Å². The van der Waals surface area contributed by atoms with Gasteiger partial charge in [0, 0.05) is 5.56 Å². The molecule has 4 rings (SSSR count). The molecule has 5 nitrogen and oxygen atoms in total. The number of carbonyl (C=O) groups is 3. The van der Waals surface area contributed by atoms with Gasteiger partial charge in [0.2, 0.25) is 0 Å². The van der Waals surface area contributed by atoms with Gasteiger partial charge in [-0.1, -0.05) is 66.7 Å². The molecule has 1 saturated heterocycles. The molecule has 0 aromatic heterocycles. The molecule has 0 spiro atoms. The Bertz CT molecular complexity index is 1060. The molecule has 1 unspecified atom stereocenters. The van der Waals surface area contributed by atoms with E-state index in [-0.39, 0.29) is 12.3 Å². The van der Waals surface area contributed by atoms with Crippen molar-refractivity contribution >= 4 is 28.5 Å². The van der Waals surface area contributed by atoms with Crippen LogP contribution in [-0.2, 0) is 10.3 Å². The molecule has 134 valence electrons. The fourth-order valence-electron chi connectivity index (χ4n) is 3.41. The Morgan fingerprint density at radius 1 is 0.926 bits per heavy atom. The molecule has 27 heavy (non-hydrogen) atoms. The first kappa shape index (κ1) is 17.0. The van der Waals surface area contributed by atoms with Gasteiger partial charge in [0.15, 0.2) is 5.78 Å². The number of ketones is 1. The highest BCUT2D eigenvalue weighted by atomic mass is 16.2. The second-order valence-corrected chi connectivity index (χ2v) is 6.80. The van der Waals surface area contributed by atoms with Crippen LogP contribution >= 0.6 is 0 Å². The third-order valence-electron chi connectivity index (χ3n) is 5.00. The zero-order valence-corrected chi connectivity index (χ0v) is 14.8. The van der Waals surface area contributed by atoms with E-state index in [2.05, 4.69) is 5.32 Å². The van der Waals surface area contributed by atoms with Crippen molar-refractivity contribution in [3.8, 4) is 0 Å². The van der Waals surface area contributed by atoms with Gasteiger partial charge in [0.1, 0.15) is 5.54 Å². The lowest BCUT2D eigenvalue weighted by Gasteiger charge is -2.22. The number of benzene rings is 3. The Balaban J connectivity index is 1.59. The lowest BCUT2D eigenvalue weighted by Crippen LogP contribution is -2.41. The van der Waals surface area contributed by atoms with Crippen molar-refractivity contribution in [3.63, 3.8) is 0 Å². The first-order chi connectivity index (χ1) is 13.0. The monoisotopic (exact) mass is 358 g/mol. The maximum Gasteiger partial charge on any atom is 0.325 e. The third kappa shape index (κ3) is 2.87. The second-order valence-electron chi connectivity index (χ2n) is 6.80. The van der Waals surface area contributed by atoms with Gasteiger partial charge in [-0.3, -0.25) is 14.5 Å². The molecular weight excluding hydrogens is 340 g/mol. The highest BCUT2D eigenvalue weighted by Gasteiger charge is 2.49. The molecule has 1 aliphatic rings. The van der Waals surface area contributed by atoms with Crippen molar-refractivity contribution in [2.24, 2.45) is 0 Å². The number of carbonyl (C=O) groups excluding carboxylic acids is 3. The first-order valence-electron chi connectivity index (χ1n) is 8.71. The molecule has 3 amide bonds. The van der Waals surface area contributed by atoms with Crippen molar-refractivity contribution in [2.45, 2.75) is 12.5 Å². The number of rotatable bonds is 4. The van der Waals surface area contributed by atoms with Crippen LogP contribution in [0.3, 0.4) is 0 Å². The van der Waals surface area contributed by atoms with Crippen LogP contribution in [0.25, 0.3) is 10.8 Å². The van der Waals surface area contributed by atoms with E-state index in [1.165, 1.54) is 0 Å². The summed E-state index contributed by atoms with van der Waals surface area (Å²) in [6.07, 6.45) is 0. The first-order valence-corrected chi connectivity index (χ1v) is 8.71. The molecule has 0 aliphatic carbocycles. The highest BCUT2D eigenvalue weighted by molar-refractivity contribution is 6.11. The average Bonchev–Trinajstić information content (AvgIpc) is 2.92. The molecule has 3 aromatic rings. The van der Waals surface area contributed by atoms with Crippen LogP contribution < -0.4 is 5.32 Å². The largest absolute Gasteiger partial charge is 0.325 e. The standard InChI is InChI=1S/C22H18N2O3/c1-22(18-9-3-2-4-10-18)20(26)24(21(27)23-22)14-19(25)17-12-11-15-7-5-6-8-16(15)13-17/h2-13H,14H2,1H3,(H,23,27). The number of Topliss-reactive ketones (excluding diaryl/α,β-unsaturated/α-hetero) is 1. The van der Waals surface area contributed by atoms with Crippen LogP contribution in [0.15, 0.2) is 72.8 Å². The number of nitrogens with zero attached hydrogens (tertiary/aromatic N) is 1. The normalized spacial score (nSPS) is 19.4. The fraction of sp³-hybridized carbons (Fsp3) is 0.136. The lowest BCUT2D eigenvalue weighted by atomic mass is 9.92. The van der Waals surface area contributed by atoms with Gasteiger partial charge in [-0.2, -0.15) is 0 Å². The quantitative estimate of drug-likeness (QED) is 0.573. The number of fused-ring (bicyclic) bond motifs is 1. The predicted octanol–water partition coefficient (Wildman–Crippen LogP) is 3.49. The van der Waals surface area contributed by atoms with E-state index in [1.807, 2.05) is 48.5 Å². The highest BCUT2D eigenvalue weighted by Crippen LogP contribution is 2.28. The Hall–Kier alpha value is -3.47. The molecule has 1 heterocycles. The molecule has 1 fully saturated rings. The minimum atomic E-state index is -1.16. The summed E-state index contributed by atoms with van der Waals surface area (Å²) >= 11 is 0. The molecule has 5 heteroatoms. The number of amides is 3. The van der Waals surface area contributed by atoms with E-state index in [0.717, 1.165) is 15.7 Å². The van der Waals surface area contributed by atoms with Gasteiger partial charge in [-0.15, -0.1) is 0 Å². The van der Waals surface area contributed by atoms with Crippen LogP contribution in [0, 0.1) is 0 Å². The fourth-order valence-corrected chi connectivity index (χ4v) is 3.41. The van der Waals surface area contributed by atoms with Gasteiger partial charge in [-0.05, 0) is 29.3 Å². The van der Waals surface area contributed by atoms with Gasteiger partial charge in [-0.25, -0.2) is 4.79 Å². The van der Waals surface area contributed by atoms with Crippen molar-refractivity contribution in [3.05, 3.63) is 83.9 Å². The molecule has 0 radical (unpaired) electrons. The molecule has 1 aliphatic heterocycles. The molecule has 1 N–H and O–H groups in total. The Morgan fingerprint density at radius 3 is 2.33 bits per heavy atom. The molecule has 0 bridgehead atoms. The zero-order valence-electron chi connectivity index (χ0n) is 14.8. The Morgan fingerprint density at radius 2 is 1.59 bits per heavy atom. The van der Waals surface area contributed by atoms with Crippen LogP contribution in [0.1, 0.15) is 22.8 Å². The number of hydrogen-bond acceptors (Lipinski definition) is 3. The summed E-state index contributed by atoms with van der Waals surface area (Å²) in [7, 11) is 0. The summed E-state index contributed by atoms with van der Waals surface area (Å²) in [5.74, 6) is -0.700. The van der Waals surface area contributed by atoms with E-state index in [9.17, 15) is 14.4 Å².